The fraction of sp³-hybridized carbons (Fsp3) is 0. The second kappa shape index (κ2) is 5.29. The lowest BCUT2D eigenvalue weighted by atomic mass is 10.3. The smallest absolute Gasteiger partial charge is 0.267 e. The van der Waals surface area contributed by atoms with Crippen molar-refractivity contribution in [2.45, 2.75) is 9.92 Å². The molecule has 0 aliphatic carbocycles. The van der Waals surface area contributed by atoms with Crippen LogP contribution in [0, 0.1) is 0 Å². The molecule has 4 N–H and O–H groups in total. The molecule has 1 aromatic carbocycles. The van der Waals surface area contributed by atoms with Crippen molar-refractivity contribution >= 4 is 35.0 Å². The van der Waals surface area contributed by atoms with E-state index in [1.807, 2.05) is 18.2 Å². The van der Waals surface area contributed by atoms with Gasteiger partial charge in [-0.3, -0.25) is 4.79 Å². The molecule has 0 aliphatic heterocycles. The lowest BCUT2D eigenvalue weighted by molar-refractivity contribution is 0.0995. The zero-order valence-corrected chi connectivity index (χ0v) is 10.8. The number of nitrogens with two attached hydrogens (primary N) is 2. The zero-order valence-electron chi connectivity index (χ0n) is 9.26. The number of carbonyl (C=O) groups excluding carboxylic acids is 1. The Kier molecular flexibility index (Phi) is 3.74. The molecule has 18 heavy (non-hydrogen) atoms. The van der Waals surface area contributed by atoms with Gasteiger partial charge in [0.25, 0.3) is 5.91 Å². The molecular weight excluding hydrogens is 270 g/mol. The van der Waals surface area contributed by atoms with Crippen LogP contribution in [0.2, 0.25) is 5.02 Å². The molecule has 6 heteroatoms. The highest BCUT2D eigenvalue weighted by Gasteiger charge is 2.10. The molecule has 1 heterocycles. The maximum absolute atomic E-state index is 11.1. The number of benzene rings is 1. The predicted molar refractivity (Wildman–Crippen MR) is 72.7 cm³/mol. The fourth-order valence-electron chi connectivity index (χ4n) is 1.30. The van der Waals surface area contributed by atoms with Crippen LogP contribution in [0.25, 0.3) is 0 Å². The van der Waals surface area contributed by atoms with Crippen molar-refractivity contribution in [3.63, 3.8) is 0 Å². The molecule has 0 saturated carbocycles. The van der Waals surface area contributed by atoms with Gasteiger partial charge in [0.1, 0.15) is 10.7 Å². The number of hydrogen-bond acceptors (Lipinski definition) is 4. The summed E-state index contributed by atoms with van der Waals surface area (Å²) < 4.78 is 0. The highest BCUT2D eigenvalue weighted by Crippen LogP contribution is 2.34. The van der Waals surface area contributed by atoms with Crippen molar-refractivity contribution in [3.8, 4) is 0 Å². The molecule has 1 aromatic heterocycles. The average molecular weight is 280 g/mol. The Morgan fingerprint density at radius 1 is 1.22 bits per heavy atom. The molecule has 0 fully saturated rings. The molecule has 0 aliphatic rings. The van der Waals surface area contributed by atoms with Crippen LogP contribution in [0.1, 0.15) is 10.5 Å². The molecule has 92 valence electrons. The number of nitrogen functional groups attached to an aromatic ring is 1. The second-order valence-corrected chi connectivity index (χ2v) is 4.93. The van der Waals surface area contributed by atoms with E-state index in [0.29, 0.717) is 15.7 Å². The SMILES string of the molecule is NC(=O)c1ccc(N)c(Sc2ccccc2Cl)n1. The zero-order chi connectivity index (χ0) is 13.1. The number of halogens is 1. The van der Waals surface area contributed by atoms with E-state index in [0.717, 1.165) is 4.90 Å². The van der Waals surface area contributed by atoms with E-state index in [4.69, 9.17) is 23.1 Å². The Labute approximate surface area is 113 Å². The van der Waals surface area contributed by atoms with E-state index in [9.17, 15) is 4.79 Å². The van der Waals surface area contributed by atoms with Gasteiger partial charge in [-0.05, 0) is 24.3 Å². The van der Waals surface area contributed by atoms with E-state index in [1.165, 1.54) is 17.8 Å². The summed E-state index contributed by atoms with van der Waals surface area (Å²) in [6, 6.07) is 10.4. The van der Waals surface area contributed by atoms with Crippen LogP contribution < -0.4 is 11.5 Å². The quantitative estimate of drug-likeness (QED) is 0.905. The van der Waals surface area contributed by atoms with Gasteiger partial charge in [0.05, 0.1) is 10.7 Å². The van der Waals surface area contributed by atoms with Gasteiger partial charge in [0.15, 0.2) is 0 Å². The Bertz CT molecular complexity index is 604. The van der Waals surface area contributed by atoms with E-state index in [2.05, 4.69) is 4.98 Å². The van der Waals surface area contributed by atoms with E-state index < -0.39 is 5.91 Å². The molecule has 2 rings (SSSR count). The molecule has 0 unspecified atom stereocenters. The van der Waals surface area contributed by atoms with Gasteiger partial charge < -0.3 is 11.5 Å². The molecule has 0 radical (unpaired) electrons. The summed E-state index contributed by atoms with van der Waals surface area (Å²) in [6.07, 6.45) is 0. The van der Waals surface area contributed by atoms with Gasteiger partial charge in [-0.2, -0.15) is 0 Å². The number of carbonyl (C=O) groups is 1. The number of aromatic nitrogens is 1. The van der Waals surface area contributed by atoms with Crippen molar-refractivity contribution in [3.05, 3.63) is 47.1 Å². The van der Waals surface area contributed by atoms with Crippen molar-refractivity contribution < 1.29 is 4.79 Å². The highest BCUT2D eigenvalue weighted by molar-refractivity contribution is 7.99. The monoisotopic (exact) mass is 279 g/mol. The first kappa shape index (κ1) is 12.7. The molecule has 0 atom stereocenters. The lowest BCUT2D eigenvalue weighted by Gasteiger charge is -2.07. The number of hydrogen-bond donors (Lipinski definition) is 2. The first-order chi connectivity index (χ1) is 8.58. The standard InChI is InChI=1S/C12H10ClN3OS/c13-7-3-1-2-4-10(7)18-12-8(14)5-6-9(16-12)11(15)17/h1-6H,14H2,(H2,15,17). The van der Waals surface area contributed by atoms with E-state index in [1.54, 1.807) is 12.1 Å². The maximum Gasteiger partial charge on any atom is 0.267 e. The van der Waals surface area contributed by atoms with Crippen LogP contribution in [0.3, 0.4) is 0 Å². The molecule has 4 nitrogen and oxygen atoms in total. The number of rotatable bonds is 3. The third kappa shape index (κ3) is 2.75. The first-order valence-corrected chi connectivity index (χ1v) is 6.26. The largest absolute Gasteiger partial charge is 0.397 e. The Balaban J connectivity index is 2.37. The minimum Gasteiger partial charge on any atom is -0.397 e. The number of primary amides is 1. The van der Waals surface area contributed by atoms with Gasteiger partial charge in [0.2, 0.25) is 0 Å². The predicted octanol–water partition coefficient (Wildman–Crippen LogP) is 2.57. The van der Waals surface area contributed by atoms with Crippen LogP contribution in [0.4, 0.5) is 5.69 Å². The van der Waals surface area contributed by atoms with Crippen LogP contribution in [0.15, 0.2) is 46.3 Å². The third-order valence-corrected chi connectivity index (χ3v) is 3.72. The average Bonchev–Trinajstić information content (AvgIpc) is 2.34. The summed E-state index contributed by atoms with van der Waals surface area (Å²) in [5, 5.41) is 1.12. The Hall–Kier alpha value is -1.72. The minimum absolute atomic E-state index is 0.179. The summed E-state index contributed by atoms with van der Waals surface area (Å²) in [5.74, 6) is -0.587. The van der Waals surface area contributed by atoms with Gasteiger partial charge in [0, 0.05) is 4.90 Å². The number of pyridine rings is 1. The highest BCUT2D eigenvalue weighted by atomic mass is 35.5. The topological polar surface area (TPSA) is 82.0 Å². The summed E-state index contributed by atoms with van der Waals surface area (Å²) in [6.45, 7) is 0. The fourth-order valence-corrected chi connectivity index (χ4v) is 2.40. The van der Waals surface area contributed by atoms with Crippen LogP contribution >= 0.6 is 23.4 Å². The third-order valence-electron chi connectivity index (χ3n) is 2.19. The van der Waals surface area contributed by atoms with Gasteiger partial charge in [-0.1, -0.05) is 35.5 Å². The number of anilines is 1. The van der Waals surface area contributed by atoms with Crippen LogP contribution in [-0.2, 0) is 0 Å². The molecular formula is C12H10ClN3OS. The maximum atomic E-state index is 11.1. The molecule has 0 spiro atoms. The molecule has 0 saturated heterocycles. The van der Waals surface area contributed by atoms with Crippen molar-refractivity contribution in [1.82, 2.24) is 4.98 Å². The minimum atomic E-state index is -0.587. The van der Waals surface area contributed by atoms with Gasteiger partial charge in [-0.25, -0.2) is 4.98 Å². The Morgan fingerprint density at radius 2 is 1.94 bits per heavy atom. The normalized spacial score (nSPS) is 10.3. The second-order valence-electron chi connectivity index (χ2n) is 3.49. The molecule has 1 amide bonds. The lowest BCUT2D eigenvalue weighted by Crippen LogP contribution is -2.13. The van der Waals surface area contributed by atoms with Gasteiger partial charge >= 0.3 is 0 Å². The van der Waals surface area contributed by atoms with E-state index in [-0.39, 0.29) is 5.69 Å². The van der Waals surface area contributed by atoms with Crippen LogP contribution in [-0.4, -0.2) is 10.9 Å². The first-order valence-electron chi connectivity index (χ1n) is 5.06. The number of nitrogens with zero attached hydrogens (tertiary/aromatic N) is 1. The van der Waals surface area contributed by atoms with Crippen LogP contribution in [0.5, 0.6) is 0 Å². The van der Waals surface area contributed by atoms with Crippen molar-refractivity contribution in [1.29, 1.82) is 0 Å². The molecule has 0 bridgehead atoms. The van der Waals surface area contributed by atoms with Gasteiger partial charge in [-0.15, -0.1) is 0 Å². The van der Waals surface area contributed by atoms with Crippen molar-refractivity contribution in [2.75, 3.05) is 5.73 Å². The number of amides is 1. The van der Waals surface area contributed by atoms with E-state index >= 15 is 0 Å². The summed E-state index contributed by atoms with van der Waals surface area (Å²) >= 11 is 7.34. The Morgan fingerprint density at radius 3 is 2.61 bits per heavy atom. The van der Waals surface area contributed by atoms with Crippen molar-refractivity contribution in [2.24, 2.45) is 5.73 Å². The summed E-state index contributed by atoms with van der Waals surface area (Å²) in [7, 11) is 0. The summed E-state index contributed by atoms with van der Waals surface area (Å²) in [4.78, 5) is 16.0. The summed E-state index contributed by atoms with van der Waals surface area (Å²) in [5.41, 5.74) is 11.6. The molecule has 2 aromatic rings.